The largest absolute Gasteiger partial charge is 0.456 e. The van der Waals surface area contributed by atoms with Gasteiger partial charge in [-0.2, -0.15) is 0 Å². The summed E-state index contributed by atoms with van der Waals surface area (Å²) >= 11 is 0. The van der Waals surface area contributed by atoms with E-state index in [1.165, 1.54) is 55.3 Å². The molecule has 0 saturated heterocycles. The molecule has 270 valence electrons. The Morgan fingerprint density at radius 1 is 0.362 bits per heavy atom. The minimum Gasteiger partial charge on any atom is -0.456 e. The van der Waals surface area contributed by atoms with Crippen LogP contribution in [0.5, 0.6) is 0 Å². The van der Waals surface area contributed by atoms with Crippen LogP contribution in [0.2, 0.25) is 0 Å². The predicted molar refractivity (Wildman–Crippen MR) is 238 cm³/mol. The van der Waals surface area contributed by atoms with Crippen LogP contribution in [0, 0.1) is 0 Å². The third-order valence-electron chi connectivity index (χ3n) is 12.2. The van der Waals surface area contributed by atoms with Gasteiger partial charge in [0.15, 0.2) is 5.82 Å². The van der Waals surface area contributed by atoms with E-state index in [9.17, 15) is 0 Å². The Kier molecular flexibility index (Phi) is 7.14. The first-order valence-corrected chi connectivity index (χ1v) is 19.8. The molecule has 3 nitrogen and oxygen atoms in total. The topological polar surface area (TPSA) is 38.9 Å². The average molecular weight is 739 g/mol. The second kappa shape index (κ2) is 12.7. The molecular weight excluding hydrogens is 705 g/mol. The molecule has 1 aliphatic carbocycles. The second-order valence-electron chi connectivity index (χ2n) is 15.2. The van der Waals surface area contributed by atoms with Gasteiger partial charge in [0.1, 0.15) is 11.2 Å². The van der Waals surface area contributed by atoms with Crippen molar-refractivity contribution in [2.45, 2.75) is 5.41 Å². The van der Waals surface area contributed by atoms with Crippen LogP contribution in [0.4, 0.5) is 0 Å². The SMILES string of the molecule is c1ccc2c(c1)-c1ccccc1C2(c1ccc(-c2nc(-c3ccc(-c4cccc5ccccc45)cc3)c3ccccc3n2)cc1)c1ccc2c(c1)oc1ccccc12. The van der Waals surface area contributed by atoms with E-state index in [4.69, 9.17) is 14.4 Å². The van der Waals surface area contributed by atoms with Gasteiger partial charge in [-0.3, -0.25) is 0 Å². The Bertz CT molecular complexity index is 3340. The van der Waals surface area contributed by atoms with Crippen molar-refractivity contribution in [3.63, 3.8) is 0 Å². The van der Waals surface area contributed by atoms with Crippen LogP contribution >= 0.6 is 0 Å². The fraction of sp³-hybridized carbons (Fsp3) is 0.0182. The normalized spacial score (nSPS) is 13.0. The van der Waals surface area contributed by atoms with Gasteiger partial charge in [0.2, 0.25) is 0 Å². The predicted octanol–water partition coefficient (Wildman–Crippen LogP) is 14.0. The number of hydrogen-bond donors (Lipinski definition) is 0. The number of hydrogen-bond acceptors (Lipinski definition) is 3. The van der Waals surface area contributed by atoms with E-state index in [1.807, 2.05) is 18.2 Å². The Morgan fingerprint density at radius 3 is 1.72 bits per heavy atom. The molecule has 58 heavy (non-hydrogen) atoms. The minimum atomic E-state index is -0.569. The molecule has 0 fully saturated rings. The van der Waals surface area contributed by atoms with Crippen molar-refractivity contribution >= 4 is 43.6 Å². The standard InChI is InChI=1S/C55H34N2O/c1-2-14-41-35(12-1)13-11-19-42(41)36-24-26-37(27-25-36)53-47-18-5-9-22-50(47)56-54(57-53)38-28-30-39(31-29-38)55(48-20-7-3-15-43(48)44-16-4-8-21-49(44)55)40-32-33-46-45-17-6-10-23-51(45)58-52(46)34-40/h1-34H. The Balaban J connectivity index is 0.999. The summed E-state index contributed by atoms with van der Waals surface area (Å²) in [5, 5.41) is 5.76. The lowest BCUT2D eigenvalue weighted by Crippen LogP contribution is -2.28. The third-order valence-corrected chi connectivity index (χ3v) is 12.2. The Labute approximate surface area is 335 Å². The summed E-state index contributed by atoms with van der Waals surface area (Å²) in [5.41, 5.74) is 14.8. The zero-order valence-electron chi connectivity index (χ0n) is 31.4. The molecule has 0 spiro atoms. The molecule has 0 atom stereocenters. The van der Waals surface area contributed by atoms with Gasteiger partial charge < -0.3 is 4.42 Å². The fourth-order valence-electron chi connectivity index (χ4n) is 9.56. The van der Waals surface area contributed by atoms with Gasteiger partial charge in [0.05, 0.1) is 16.6 Å². The first-order valence-electron chi connectivity index (χ1n) is 19.8. The maximum Gasteiger partial charge on any atom is 0.160 e. The van der Waals surface area contributed by atoms with E-state index in [0.717, 1.165) is 49.7 Å². The van der Waals surface area contributed by atoms with Crippen LogP contribution in [-0.2, 0) is 5.41 Å². The molecule has 0 bridgehead atoms. The summed E-state index contributed by atoms with van der Waals surface area (Å²) in [6.45, 7) is 0. The first kappa shape index (κ1) is 32.6. The molecule has 0 aliphatic heterocycles. The lowest BCUT2D eigenvalue weighted by Gasteiger charge is -2.34. The van der Waals surface area contributed by atoms with Gasteiger partial charge >= 0.3 is 0 Å². The summed E-state index contributed by atoms with van der Waals surface area (Å²) in [6, 6.07) is 73.8. The van der Waals surface area contributed by atoms with E-state index in [1.54, 1.807) is 0 Å². The maximum atomic E-state index is 6.50. The van der Waals surface area contributed by atoms with Crippen molar-refractivity contribution in [3.05, 3.63) is 229 Å². The van der Waals surface area contributed by atoms with Crippen molar-refractivity contribution in [1.29, 1.82) is 0 Å². The Hall–Kier alpha value is -7.62. The highest BCUT2D eigenvalue weighted by molar-refractivity contribution is 6.05. The fourth-order valence-corrected chi connectivity index (χ4v) is 9.56. The average Bonchev–Trinajstić information content (AvgIpc) is 3.82. The van der Waals surface area contributed by atoms with Crippen LogP contribution < -0.4 is 0 Å². The monoisotopic (exact) mass is 738 g/mol. The van der Waals surface area contributed by atoms with Crippen molar-refractivity contribution in [1.82, 2.24) is 9.97 Å². The van der Waals surface area contributed by atoms with E-state index in [-0.39, 0.29) is 0 Å². The van der Waals surface area contributed by atoms with Crippen LogP contribution in [0.3, 0.4) is 0 Å². The van der Waals surface area contributed by atoms with Crippen molar-refractivity contribution in [3.8, 4) is 44.9 Å². The molecule has 2 heterocycles. The summed E-state index contributed by atoms with van der Waals surface area (Å²) < 4.78 is 6.50. The lowest BCUT2D eigenvalue weighted by atomic mass is 9.67. The molecule has 12 rings (SSSR count). The van der Waals surface area contributed by atoms with Gasteiger partial charge in [-0.05, 0) is 73.5 Å². The molecule has 0 saturated carbocycles. The summed E-state index contributed by atoms with van der Waals surface area (Å²) in [4.78, 5) is 10.4. The number of furan rings is 1. The zero-order valence-corrected chi connectivity index (χ0v) is 31.4. The number of benzene rings is 9. The summed E-state index contributed by atoms with van der Waals surface area (Å²) in [6.07, 6.45) is 0. The number of nitrogens with zero attached hydrogens (tertiary/aromatic N) is 2. The minimum absolute atomic E-state index is 0.569. The molecule has 1 aliphatic rings. The smallest absolute Gasteiger partial charge is 0.160 e. The van der Waals surface area contributed by atoms with Gasteiger partial charge in [-0.1, -0.05) is 188 Å². The van der Waals surface area contributed by atoms with Crippen molar-refractivity contribution < 1.29 is 4.42 Å². The molecule has 0 amide bonds. The highest BCUT2D eigenvalue weighted by Gasteiger charge is 2.46. The second-order valence-corrected chi connectivity index (χ2v) is 15.2. The number of para-hydroxylation sites is 2. The van der Waals surface area contributed by atoms with E-state index >= 15 is 0 Å². The number of fused-ring (bicyclic) bond motifs is 8. The maximum absolute atomic E-state index is 6.50. The van der Waals surface area contributed by atoms with E-state index in [2.05, 4.69) is 188 Å². The Morgan fingerprint density at radius 2 is 0.931 bits per heavy atom. The molecule has 11 aromatic rings. The van der Waals surface area contributed by atoms with Gasteiger partial charge in [-0.25, -0.2) is 9.97 Å². The quantitative estimate of drug-likeness (QED) is 0.176. The van der Waals surface area contributed by atoms with Gasteiger partial charge in [0, 0.05) is 27.3 Å². The van der Waals surface area contributed by atoms with E-state index in [0.29, 0.717) is 5.82 Å². The molecule has 0 radical (unpaired) electrons. The highest BCUT2D eigenvalue weighted by atomic mass is 16.3. The van der Waals surface area contributed by atoms with E-state index < -0.39 is 5.41 Å². The van der Waals surface area contributed by atoms with Crippen molar-refractivity contribution in [2.24, 2.45) is 0 Å². The molecule has 0 unspecified atom stereocenters. The lowest BCUT2D eigenvalue weighted by molar-refractivity contribution is 0.665. The van der Waals surface area contributed by atoms with Gasteiger partial charge in [0.25, 0.3) is 0 Å². The molecular formula is C55H34N2O. The van der Waals surface area contributed by atoms with Crippen LogP contribution in [-0.4, -0.2) is 9.97 Å². The first-order chi connectivity index (χ1) is 28.7. The molecule has 3 heteroatoms. The zero-order chi connectivity index (χ0) is 38.2. The number of rotatable bonds is 5. The molecule has 9 aromatic carbocycles. The van der Waals surface area contributed by atoms with Gasteiger partial charge in [-0.15, -0.1) is 0 Å². The van der Waals surface area contributed by atoms with Crippen LogP contribution in [0.15, 0.2) is 211 Å². The third kappa shape index (κ3) is 4.80. The molecule has 0 N–H and O–H groups in total. The van der Waals surface area contributed by atoms with Crippen molar-refractivity contribution in [2.75, 3.05) is 0 Å². The summed E-state index contributed by atoms with van der Waals surface area (Å²) in [7, 11) is 0. The number of aromatic nitrogens is 2. The highest BCUT2D eigenvalue weighted by Crippen LogP contribution is 2.56. The van der Waals surface area contributed by atoms with Crippen LogP contribution in [0.25, 0.3) is 88.5 Å². The van der Waals surface area contributed by atoms with Crippen LogP contribution in [0.1, 0.15) is 22.3 Å². The molecule has 2 aromatic heterocycles. The summed E-state index contributed by atoms with van der Waals surface area (Å²) in [5.74, 6) is 0.698.